The molecule has 1 aliphatic carbocycles. The minimum Gasteiger partial charge on any atom is -0.481 e. The quantitative estimate of drug-likeness (QED) is 0.528. The first kappa shape index (κ1) is 27.8. The second-order valence-electron chi connectivity index (χ2n) is 11.4. The Morgan fingerprint density at radius 1 is 1.11 bits per heavy atom. The van der Waals surface area contributed by atoms with Gasteiger partial charge in [0.05, 0.1) is 18.3 Å². The second kappa shape index (κ2) is 10.3. The lowest BCUT2D eigenvalue weighted by atomic mass is 9.97. The molecule has 3 rings (SSSR count). The van der Waals surface area contributed by atoms with Gasteiger partial charge in [0.1, 0.15) is 16.6 Å². The van der Waals surface area contributed by atoms with Crippen LogP contribution in [0.1, 0.15) is 66.4 Å². The maximum atomic E-state index is 12.7. The number of amides is 2. The van der Waals surface area contributed by atoms with Gasteiger partial charge in [-0.15, -0.1) is 0 Å². The average Bonchev–Trinajstić information content (AvgIpc) is 3.30. The predicted molar refractivity (Wildman–Crippen MR) is 136 cm³/mol. The van der Waals surface area contributed by atoms with Gasteiger partial charge in [-0.1, -0.05) is 0 Å². The number of hydrogen-bond acceptors (Lipinski definition) is 8. The van der Waals surface area contributed by atoms with Crippen molar-refractivity contribution in [1.82, 2.24) is 10.2 Å². The van der Waals surface area contributed by atoms with Gasteiger partial charge in [-0.2, -0.15) is 5.26 Å². The number of hydrogen-bond donors (Lipinski definition) is 2. The molecule has 10 heteroatoms. The fraction of sp³-hybridized carbons (Fsp3) is 0.556. The number of carboxylic acid groups (broad SMARTS) is 1. The van der Waals surface area contributed by atoms with Crippen molar-refractivity contribution in [3.63, 3.8) is 0 Å². The van der Waals surface area contributed by atoms with E-state index in [9.17, 15) is 19.5 Å². The molecule has 2 N–H and O–H groups in total. The van der Waals surface area contributed by atoms with Crippen LogP contribution in [0.4, 0.5) is 15.3 Å². The Hall–Kier alpha value is -3.74. The highest BCUT2D eigenvalue weighted by molar-refractivity contribution is 5.88. The molecule has 0 spiro atoms. The van der Waals surface area contributed by atoms with E-state index in [2.05, 4.69) is 11.4 Å². The second-order valence-corrected chi connectivity index (χ2v) is 11.4. The number of anilines is 1. The Bertz CT molecular complexity index is 1080. The molecule has 0 unspecified atom stereocenters. The van der Waals surface area contributed by atoms with Gasteiger partial charge < -0.3 is 24.8 Å². The molecule has 0 bridgehead atoms. The smallest absolute Gasteiger partial charge is 0.419 e. The van der Waals surface area contributed by atoms with Crippen LogP contribution in [0.15, 0.2) is 36.2 Å². The maximum absolute atomic E-state index is 12.7. The molecule has 1 fully saturated rings. The van der Waals surface area contributed by atoms with Crippen molar-refractivity contribution in [3.8, 4) is 6.07 Å². The summed E-state index contributed by atoms with van der Waals surface area (Å²) in [4.78, 5) is 40.6. The van der Waals surface area contributed by atoms with Crippen LogP contribution in [-0.2, 0) is 14.3 Å². The van der Waals surface area contributed by atoms with Gasteiger partial charge in [0.2, 0.25) is 0 Å². The first-order chi connectivity index (χ1) is 17.2. The highest BCUT2D eigenvalue weighted by atomic mass is 16.6. The van der Waals surface area contributed by atoms with E-state index in [-0.39, 0.29) is 12.5 Å². The van der Waals surface area contributed by atoms with Gasteiger partial charge in [-0.25, -0.2) is 14.5 Å². The number of nitrogens with zero attached hydrogens (tertiary/aromatic N) is 3. The monoisotopic (exact) mass is 512 g/mol. The van der Waals surface area contributed by atoms with E-state index < -0.39 is 34.8 Å². The average molecular weight is 513 g/mol. The van der Waals surface area contributed by atoms with E-state index in [4.69, 9.17) is 14.7 Å². The molecule has 0 aromatic heterocycles. The molecular formula is C27H36N4O6. The summed E-state index contributed by atoms with van der Waals surface area (Å²) in [5.41, 5.74) is -0.572. The third kappa shape index (κ3) is 6.73. The summed E-state index contributed by atoms with van der Waals surface area (Å²) in [6.45, 7) is 10.8. The number of imide groups is 1. The Morgan fingerprint density at radius 2 is 1.68 bits per heavy atom. The number of nitriles is 1. The predicted octanol–water partition coefficient (Wildman–Crippen LogP) is 4.81. The Morgan fingerprint density at radius 3 is 2.16 bits per heavy atom. The first-order valence-corrected chi connectivity index (χ1v) is 12.4. The van der Waals surface area contributed by atoms with Crippen LogP contribution in [0.25, 0.3) is 0 Å². The van der Waals surface area contributed by atoms with Crippen LogP contribution in [0.2, 0.25) is 0 Å². The summed E-state index contributed by atoms with van der Waals surface area (Å²) in [6, 6.07) is 9.16. The molecule has 200 valence electrons. The number of aliphatic carboxylic acids is 1. The van der Waals surface area contributed by atoms with Crippen molar-refractivity contribution in [2.45, 2.75) is 72.0 Å². The van der Waals surface area contributed by atoms with Crippen molar-refractivity contribution in [1.29, 1.82) is 5.26 Å². The van der Waals surface area contributed by atoms with E-state index in [0.29, 0.717) is 37.2 Å². The largest absolute Gasteiger partial charge is 0.481 e. The van der Waals surface area contributed by atoms with Crippen molar-refractivity contribution in [3.05, 3.63) is 41.7 Å². The Balaban J connectivity index is 1.66. The number of carboxylic acids is 1. The SMILES string of the molecule is CC(C)(C)OC(=O)N(CCC[C@H]1C[C@]1(C(=O)O)C1=CN(c2ccc(C#N)cc2)CN1)C(=O)OC(C)(C)C. The Labute approximate surface area is 217 Å². The molecule has 2 atom stereocenters. The van der Waals surface area contributed by atoms with E-state index in [1.807, 2.05) is 23.2 Å². The molecule has 1 aromatic rings. The first-order valence-electron chi connectivity index (χ1n) is 12.4. The highest BCUT2D eigenvalue weighted by Gasteiger charge is 2.63. The zero-order valence-electron chi connectivity index (χ0n) is 22.3. The summed E-state index contributed by atoms with van der Waals surface area (Å²) in [6.07, 6.45) is 1.60. The molecular weight excluding hydrogens is 476 g/mol. The molecule has 1 heterocycles. The zero-order valence-corrected chi connectivity index (χ0v) is 22.3. The van der Waals surface area contributed by atoms with Crippen molar-refractivity contribution in [2.24, 2.45) is 11.3 Å². The van der Waals surface area contributed by atoms with Crippen molar-refractivity contribution < 1.29 is 29.0 Å². The number of ether oxygens (including phenoxy) is 2. The molecule has 0 radical (unpaired) electrons. The van der Waals surface area contributed by atoms with E-state index in [0.717, 1.165) is 10.6 Å². The maximum Gasteiger partial charge on any atom is 0.419 e. The normalized spacial score (nSPS) is 20.8. The lowest BCUT2D eigenvalue weighted by molar-refractivity contribution is -0.142. The van der Waals surface area contributed by atoms with Gasteiger partial charge in [0, 0.05) is 24.1 Å². The van der Waals surface area contributed by atoms with Crippen LogP contribution in [0, 0.1) is 22.7 Å². The van der Waals surface area contributed by atoms with E-state index in [1.165, 1.54) is 0 Å². The van der Waals surface area contributed by atoms with Gasteiger partial charge in [-0.05, 0) is 91.0 Å². The molecule has 1 aliphatic heterocycles. The fourth-order valence-corrected chi connectivity index (χ4v) is 4.36. The lowest BCUT2D eigenvalue weighted by Crippen LogP contribution is -2.44. The van der Waals surface area contributed by atoms with E-state index >= 15 is 0 Å². The number of benzene rings is 1. The number of rotatable bonds is 7. The fourth-order valence-electron chi connectivity index (χ4n) is 4.36. The summed E-state index contributed by atoms with van der Waals surface area (Å²) in [7, 11) is 0. The van der Waals surface area contributed by atoms with Crippen LogP contribution in [-0.4, -0.2) is 52.6 Å². The minimum absolute atomic E-state index is 0.0554. The summed E-state index contributed by atoms with van der Waals surface area (Å²) >= 11 is 0. The molecule has 37 heavy (non-hydrogen) atoms. The summed E-state index contributed by atoms with van der Waals surface area (Å²) in [5, 5.41) is 22.3. The topological polar surface area (TPSA) is 132 Å². The number of carbonyl (C=O) groups is 3. The van der Waals surface area contributed by atoms with Gasteiger partial charge in [0.15, 0.2) is 0 Å². The van der Waals surface area contributed by atoms with Gasteiger partial charge >= 0.3 is 18.2 Å². The standard InChI is InChI=1S/C27H36N4O6/c1-25(2,3)36-23(34)31(24(35)37-26(4,5)6)13-7-8-19-14-27(19,22(32)33)21-16-30(17-29-21)20-11-9-18(15-28)10-12-20/h9-12,16,19,29H,7-8,13-14,17H2,1-6H3,(H,32,33)/t19-,27+/m0/s1. The molecule has 2 aliphatic rings. The Kier molecular flexibility index (Phi) is 7.77. The number of carbonyl (C=O) groups excluding carboxylic acids is 2. The lowest BCUT2D eigenvalue weighted by Gasteiger charge is -2.28. The van der Waals surface area contributed by atoms with Crippen LogP contribution < -0.4 is 10.2 Å². The summed E-state index contributed by atoms with van der Waals surface area (Å²) < 4.78 is 10.8. The van der Waals surface area contributed by atoms with E-state index in [1.54, 1.807) is 53.7 Å². The van der Waals surface area contributed by atoms with Crippen LogP contribution in [0.5, 0.6) is 0 Å². The molecule has 10 nitrogen and oxygen atoms in total. The van der Waals surface area contributed by atoms with Crippen molar-refractivity contribution >= 4 is 23.8 Å². The van der Waals surface area contributed by atoms with Gasteiger partial charge in [0.25, 0.3) is 0 Å². The molecule has 1 saturated carbocycles. The van der Waals surface area contributed by atoms with Crippen LogP contribution >= 0.6 is 0 Å². The summed E-state index contributed by atoms with van der Waals surface area (Å²) in [5.74, 6) is -1.06. The number of nitrogens with one attached hydrogen (secondary N) is 1. The highest BCUT2D eigenvalue weighted by Crippen LogP contribution is 2.60. The third-order valence-electron chi connectivity index (χ3n) is 6.18. The molecule has 1 aromatic carbocycles. The zero-order chi connectivity index (χ0) is 27.6. The van der Waals surface area contributed by atoms with Gasteiger partial charge in [-0.3, -0.25) is 4.79 Å². The van der Waals surface area contributed by atoms with Crippen LogP contribution in [0.3, 0.4) is 0 Å². The third-order valence-corrected chi connectivity index (χ3v) is 6.18. The minimum atomic E-state index is -1.04. The molecule has 2 amide bonds. The molecule has 0 saturated heterocycles. The van der Waals surface area contributed by atoms with Crippen molar-refractivity contribution in [2.75, 3.05) is 18.1 Å².